The van der Waals surface area contributed by atoms with Crippen LogP contribution < -0.4 is 5.73 Å². The number of nitrogens with two attached hydrogens (primary N) is 1. The van der Waals surface area contributed by atoms with Crippen molar-refractivity contribution in [3.63, 3.8) is 0 Å². The third-order valence-electron chi connectivity index (χ3n) is 2.75. The molecular formula is C10H13BrN2O3S2. The normalized spacial score (nSPS) is 18.9. The van der Waals surface area contributed by atoms with Gasteiger partial charge in [-0.05, 0) is 34.1 Å². The first kappa shape index (κ1) is 14.0. The molecule has 0 aromatic heterocycles. The molecule has 2 N–H and O–H groups in total. The van der Waals surface area contributed by atoms with E-state index in [4.69, 9.17) is 5.73 Å². The predicted molar refractivity (Wildman–Crippen MR) is 75.2 cm³/mol. The molecule has 2 rings (SSSR count). The molecule has 1 aliphatic rings. The molecule has 0 spiro atoms. The van der Waals surface area contributed by atoms with Crippen molar-refractivity contribution in [2.24, 2.45) is 0 Å². The van der Waals surface area contributed by atoms with E-state index in [0.29, 0.717) is 34.8 Å². The zero-order chi connectivity index (χ0) is 13.3. The number of halogens is 1. The number of nitrogens with zero attached hydrogens (tertiary/aromatic N) is 1. The Bertz CT molecular complexity index is 579. The highest BCUT2D eigenvalue weighted by molar-refractivity contribution is 9.10. The van der Waals surface area contributed by atoms with Crippen LogP contribution in [0.4, 0.5) is 5.69 Å². The molecule has 1 aromatic carbocycles. The van der Waals surface area contributed by atoms with Crippen LogP contribution in [0.3, 0.4) is 0 Å². The van der Waals surface area contributed by atoms with Gasteiger partial charge in [-0.25, -0.2) is 8.42 Å². The van der Waals surface area contributed by atoms with Crippen LogP contribution >= 0.6 is 15.9 Å². The molecule has 18 heavy (non-hydrogen) atoms. The van der Waals surface area contributed by atoms with Gasteiger partial charge in [-0.2, -0.15) is 4.31 Å². The van der Waals surface area contributed by atoms with E-state index in [9.17, 15) is 12.6 Å². The fraction of sp³-hybridized carbons (Fsp3) is 0.400. The van der Waals surface area contributed by atoms with Crippen LogP contribution in [0.2, 0.25) is 0 Å². The zero-order valence-electron chi connectivity index (χ0n) is 9.50. The van der Waals surface area contributed by atoms with E-state index in [0.717, 1.165) is 0 Å². The summed E-state index contributed by atoms with van der Waals surface area (Å²) in [5.41, 5.74) is 6.13. The summed E-state index contributed by atoms with van der Waals surface area (Å²) < 4.78 is 37.8. The Labute approximate surface area is 117 Å². The molecule has 1 saturated heterocycles. The highest BCUT2D eigenvalue weighted by Gasteiger charge is 2.28. The molecule has 0 amide bonds. The highest BCUT2D eigenvalue weighted by Crippen LogP contribution is 2.25. The number of hydrogen-bond donors (Lipinski definition) is 1. The van der Waals surface area contributed by atoms with E-state index >= 15 is 0 Å². The first-order chi connectivity index (χ1) is 8.41. The highest BCUT2D eigenvalue weighted by atomic mass is 79.9. The van der Waals surface area contributed by atoms with Crippen LogP contribution in [0.1, 0.15) is 0 Å². The van der Waals surface area contributed by atoms with Gasteiger partial charge in [0, 0.05) is 45.6 Å². The number of sulfonamides is 1. The van der Waals surface area contributed by atoms with Crippen molar-refractivity contribution in [3.05, 3.63) is 22.7 Å². The van der Waals surface area contributed by atoms with Gasteiger partial charge in [0.05, 0.1) is 4.90 Å². The second kappa shape index (κ2) is 5.28. The number of benzene rings is 1. The number of anilines is 1. The van der Waals surface area contributed by atoms with E-state index in [1.54, 1.807) is 6.07 Å². The Morgan fingerprint density at radius 3 is 2.44 bits per heavy atom. The lowest BCUT2D eigenvalue weighted by molar-refractivity contribution is 0.438. The topological polar surface area (TPSA) is 80.5 Å². The van der Waals surface area contributed by atoms with Crippen molar-refractivity contribution in [2.45, 2.75) is 4.90 Å². The van der Waals surface area contributed by atoms with E-state index in [1.807, 2.05) is 0 Å². The first-order valence-electron chi connectivity index (χ1n) is 5.31. The fourth-order valence-corrected chi connectivity index (χ4v) is 4.96. The van der Waals surface area contributed by atoms with E-state index in [1.165, 1.54) is 16.4 Å². The summed E-state index contributed by atoms with van der Waals surface area (Å²) in [7, 11) is -4.41. The molecule has 0 bridgehead atoms. The third kappa shape index (κ3) is 2.76. The van der Waals surface area contributed by atoms with Gasteiger partial charge in [-0.3, -0.25) is 4.21 Å². The SMILES string of the molecule is Nc1ccc(S(=O)(=O)N2CCS(=O)CC2)cc1Br. The minimum absolute atomic E-state index is 0.205. The maximum Gasteiger partial charge on any atom is 0.243 e. The van der Waals surface area contributed by atoms with Gasteiger partial charge < -0.3 is 5.73 Å². The molecule has 100 valence electrons. The molecule has 0 saturated carbocycles. The minimum Gasteiger partial charge on any atom is -0.398 e. The van der Waals surface area contributed by atoms with Crippen molar-refractivity contribution < 1.29 is 12.6 Å². The number of rotatable bonds is 2. The first-order valence-corrected chi connectivity index (χ1v) is 9.03. The van der Waals surface area contributed by atoms with Gasteiger partial charge in [0.1, 0.15) is 0 Å². The molecule has 8 heteroatoms. The lowest BCUT2D eigenvalue weighted by atomic mass is 10.3. The quantitative estimate of drug-likeness (QED) is 0.797. The Morgan fingerprint density at radius 1 is 1.28 bits per heavy atom. The maximum absolute atomic E-state index is 12.3. The molecule has 1 heterocycles. The van der Waals surface area contributed by atoms with Crippen LogP contribution in [0.5, 0.6) is 0 Å². The summed E-state index contributed by atoms with van der Waals surface area (Å²) in [4.78, 5) is 0.205. The Hall–Kier alpha value is -0.440. The molecular weight excluding hydrogens is 340 g/mol. The lowest BCUT2D eigenvalue weighted by Gasteiger charge is -2.25. The molecule has 0 atom stereocenters. The van der Waals surface area contributed by atoms with E-state index in [2.05, 4.69) is 15.9 Å². The molecule has 0 unspecified atom stereocenters. The summed E-state index contributed by atoms with van der Waals surface area (Å²) in [5.74, 6) is 0.796. The molecule has 0 radical (unpaired) electrons. The number of nitrogen functional groups attached to an aromatic ring is 1. The third-order valence-corrected chi connectivity index (χ3v) is 6.60. The van der Waals surface area contributed by atoms with E-state index < -0.39 is 20.8 Å². The summed E-state index contributed by atoms with van der Waals surface area (Å²) in [6.07, 6.45) is 0. The second-order valence-corrected chi connectivity index (χ2v) is 8.42. The monoisotopic (exact) mass is 352 g/mol. The molecule has 1 aliphatic heterocycles. The smallest absolute Gasteiger partial charge is 0.243 e. The van der Waals surface area contributed by atoms with Crippen molar-refractivity contribution in [1.82, 2.24) is 4.31 Å². The van der Waals surface area contributed by atoms with Crippen molar-refractivity contribution >= 4 is 42.4 Å². The largest absolute Gasteiger partial charge is 0.398 e. The fourth-order valence-electron chi connectivity index (χ4n) is 1.68. The van der Waals surface area contributed by atoms with Crippen LogP contribution in [0.25, 0.3) is 0 Å². The van der Waals surface area contributed by atoms with Crippen molar-refractivity contribution in [1.29, 1.82) is 0 Å². The van der Waals surface area contributed by atoms with Gasteiger partial charge >= 0.3 is 0 Å². The Kier molecular flexibility index (Phi) is 4.10. The number of hydrogen-bond acceptors (Lipinski definition) is 4. The van der Waals surface area contributed by atoms with Gasteiger partial charge in [-0.1, -0.05) is 0 Å². The van der Waals surface area contributed by atoms with Crippen LogP contribution in [0.15, 0.2) is 27.6 Å². The van der Waals surface area contributed by atoms with Gasteiger partial charge in [0.15, 0.2) is 0 Å². The van der Waals surface area contributed by atoms with Crippen molar-refractivity contribution in [2.75, 3.05) is 30.3 Å². The van der Waals surface area contributed by atoms with Gasteiger partial charge in [0.2, 0.25) is 10.0 Å². The summed E-state index contributed by atoms with van der Waals surface area (Å²) in [5, 5.41) is 0. The average molecular weight is 353 g/mol. The van der Waals surface area contributed by atoms with Crippen molar-refractivity contribution in [3.8, 4) is 0 Å². The second-order valence-electron chi connectivity index (χ2n) is 3.94. The standard InChI is InChI=1S/C10H13BrN2O3S2/c11-9-7-8(1-2-10(9)12)18(15,16)13-3-5-17(14)6-4-13/h1-2,7H,3-6,12H2. The summed E-state index contributed by atoms with van der Waals surface area (Å²) in [6.45, 7) is 0.605. The van der Waals surface area contributed by atoms with Crippen LogP contribution in [-0.4, -0.2) is 41.5 Å². The van der Waals surface area contributed by atoms with Crippen LogP contribution in [0, 0.1) is 0 Å². The van der Waals surface area contributed by atoms with Gasteiger partial charge in [0.25, 0.3) is 0 Å². The van der Waals surface area contributed by atoms with E-state index in [-0.39, 0.29) is 4.90 Å². The molecule has 1 fully saturated rings. The van der Waals surface area contributed by atoms with Gasteiger partial charge in [-0.15, -0.1) is 0 Å². The summed E-state index contributed by atoms with van der Waals surface area (Å²) >= 11 is 3.22. The maximum atomic E-state index is 12.3. The average Bonchev–Trinajstić information content (AvgIpc) is 2.33. The summed E-state index contributed by atoms with van der Waals surface area (Å²) in [6, 6.07) is 4.54. The Balaban J connectivity index is 2.30. The zero-order valence-corrected chi connectivity index (χ0v) is 12.7. The molecule has 5 nitrogen and oxygen atoms in total. The molecule has 1 aromatic rings. The predicted octanol–water partition coefficient (Wildman–Crippen LogP) is 0.784. The van der Waals surface area contributed by atoms with Crippen LogP contribution in [-0.2, 0) is 20.8 Å². The Morgan fingerprint density at radius 2 is 1.89 bits per heavy atom. The minimum atomic E-state index is -3.51. The molecule has 0 aliphatic carbocycles. The lowest BCUT2D eigenvalue weighted by Crippen LogP contribution is -2.41.